The number of aryl methyl sites for hydroxylation is 2. The summed E-state index contributed by atoms with van der Waals surface area (Å²) < 4.78 is 0. The molecule has 4 nitrogen and oxygen atoms in total. The third-order valence-corrected chi connectivity index (χ3v) is 5.63. The Morgan fingerprint density at radius 2 is 1.70 bits per heavy atom. The summed E-state index contributed by atoms with van der Waals surface area (Å²) in [6.45, 7) is 9.42. The van der Waals surface area contributed by atoms with E-state index in [1.54, 1.807) is 0 Å². The maximum Gasteiger partial charge on any atom is 0.228 e. The van der Waals surface area contributed by atoms with Gasteiger partial charge in [0.1, 0.15) is 5.82 Å². The van der Waals surface area contributed by atoms with Crippen LogP contribution in [-0.2, 0) is 6.42 Å². The van der Waals surface area contributed by atoms with Gasteiger partial charge in [0.15, 0.2) is 0 Å². The van der Waals surface area contributed by atoms with Crippen molar-refractivity contribution in [1.29, 1.82) is 0 Å². The van der Waals surface area contributed by atoms with Crippen molar-refractivity contribution in [3.8, 4) is 0 Å². The summed E-state index contributed by atoms with van der Waals surface area (Å²) in [5, 5.41) is 3.52. The third kappa shape index (κ3) is 3.27. The minimum Gasteiger partial charge on any atom is -0.340 e. The van der Waals surface area contributed by atoms with Crippen LogP contribution < -0.4 is 10.2 Å². The second-order valence-corrected chi connectivity index (χ2v) is 7.34. The highest BCUT2D eigenvalue weighted by molar-refractivity contribution is 5.64. The van der Waals surface area contributed by atoms with Crippen LogP contribution in [0.15, 0.2) is 48.5 Å². The molecule has 4 rings (SSSR count). The SMILES string of the molecule is Cc1ccccc1Nc1nc(N2CCc3ccccc3[C@@H]2C)nc(C)c1C. The van der Waals surface area contributed by atoms with Gasteiger partial charge >= 0.3 is 0 Å². The van der Waals surface area contributed by atoms with Crippen molar-refractivity contribution >= 4 is 17.5 Å². The Labute approximate surface area is 161 Å². The minimum absolute atomic E-state index is 0.267. The van der Waals surface area contributed by atoms with Crippen LogP contribution >= 0.6 is 0 Å². The molecule has 138 valence electrons. The molecule has 0 unspecified atom stereocenters. The van der Waals surface area contributed by atoms with Gasteiger partial charge in [0.05, 0.1) is 6.04 Å². The fourth-order valence-corrected chi connectivity index (χ4v) is 3.75. The van der Waals surface area contributed by atoms with Gasteiger partial charge in [-0.1, -0.05) is 42.5 Å². The molecule has 27 heavy (non-hydrogen) atoms. The van der Waals surface area contributed by atoms with Crippen LogP contribution in [-0.4, -0.2) is 16.5 Å². The second-order valence-electron chi connectivity index (χ2n) is 7.34. The molecule has 1 aliphatic rings. The van der Waals surface area contributed by atoms with E-state index in [1.807, 2.05) is 6.07 Å². The molecule has 3 aromatic rings. The van der Waals surface area contributed by atoms with Gasteiger partial charge in [-0.2, -0.15) is 4.98 Å². The number of nitrogens with zero attached hydrogens (tertiary/aromatic N) is 3. The van der Waals surface area contributed by atoms with E-state index < -0.39 is 0 Å². The number of rotatable bonds is 3. The zero-order chi connectivity index (χ0) is 19.0. The molecule has 1 aromatic heterocycles. The predicted molar refractivity (Wildman–Crippen MR) is 112 cm³/mol. The van der Waals surface area contributed by atoms with E-state index in [0.717, 1.165) is 41.7 Å². The summed E-state index contributed by atoms with van der Waals surface area (Å²) in [4.78, 5) is 12.1. The molecule has 0 aliphatic carbocycles. The van der Waals surface area contributed by atoms with Crippen molar-refractivity contribution in [3.05, 3.63) is 76.5 Å². The molecule has 0 fully saturated rings. The number of anilines is 3. The van der Waals surface area contributed by atoms with Crippen LogP contribution in [0.25, 0.3) is 0 Å². The molecule has 0 radical (unpaired) electrons. The number of fused-ring (bicyclic) bond motifs is 1. The average molecular weight is 358 g/mol. The monoisotopic (exact) mass is 358 g/mol. The first kappa shape index (κ1) is 17.5. The van der Waals surface area contributed by atoms with Crippen LogP contribution in [0.3, 0.4) is 0 Å². The number of hydrogen-bond acceptors (Lipinski definition) is 4. The molecule has 0 saturated carbocycles. The lowest BCUT2D eigenvalue weighted by Gasteiger charge is -2.35. The Hall–Kier alpha value is -2.88. The molecular weight excluding hydrogens is 332 g/mol. The van der Waals surface area contributed by atoms with Crippen LogP contribution in [0.4, 0.5) is 17.5 Å². The van der Waals surface area contributed by atoms with Gasteiger partial charge in [-0.3, -0.25) is 0 Å². The summed E-state index contributed by atoms with van der Waals surface area (Å²) in [6.07, 6.45) is 1.03. The number of para-hydroxylation sites is 1. The zero-order valence-corrected chi connectivity index (χ0v) is 16.5. The summed E-state index contributed by atoms with van der Waals surface area (Å²) in [7, 11) is 0. The number of aromatic nitrogens is 2. The molecule has 0 amide bonds. The van der Waals surface area contributed by atoms with Crippen molar-refractivity contribution in [1.82, 2.24) is 9.97 Å². The summed E-state index contributed by atoms with van der Waals surface area (Å²) in [5.74, 6) is 1.69. The Kier molecular flexibility index (Phi) is 4.56. The Morgan fingerprint density at radius 3 is 2.52 bits per heavy atom. The molecule has 2 heterocycles. The third-order valence-electron chi connectivity index (χ3n) is 5.63. The Balaban J connectivity index is 1.70. The highest BCUT2D eigenvalue weighted by Crippen LogP contribution is 2.33. The molecule has 4 heteroatoms. The average Bonchev–Trinajstić information content (AvgIpc) is 2.67. The lowest BCUT2D eigenvalue weighted by Crippen LogP contribution is -2.35. The summed E-state index contributed by atoms with van der Waals surface area (Å²) in [6, 6.07) is 17.3. The highest BCUT2D eigenvalue weighted by Gasteiger charge is 2.26. The maximum atomic E-state index is 4.92. The van der Waals surface area contributed by atoms with E-state index in [1.165, 1.54) is 16.7 Å². The molecule has 2 aromatic carbocycles. The predicted octanol–water partition coefficient (Wildman–Crippen LogP) is 5.27. The summed E-state index contributed by atoms with van der Waals surface area (Å²) in [5.41, 5.74) is 7.20. The van der Waals surface area contributed by atoms with Gasteiger partial charge in [-0.15, -0.1) is 0 Å². The molecule has 0 saturated heterocycles. The molecule has 0 bridgehead atoms. The van der Waals surface area contributed by atoms with Crippen molar-refractivity contribution in [2.75, 3.05) is 16.8 Å². The standard InChI is InChI=1S/C23H26N4/c1-15-9-5-8-12-21(15)25-22-16(2)17(3)24-23(26-22)27-14-13-19-10-6-7-11-20(19)18(27)4/h5-12,18H,13-14H2,1-4H3,(H,24,25,26)/t18-/m0/s1. The van der Waals surface area contributed by atoms with Crippen LogP contribution in [0.1, 0.15) is 40.9 Å². The van der Waals surface area contributed by atoms with Crippen LogP contribution in [0.5, 0.6) is 0 Å². The summed E-state index contributed by atoms with van der Waals surface area (Å²) >= 11 is 0. The number of nitrogens with one attached hydrogen (secondary N) is 1. The Morgan fingerprint density at radius 1 is 0.963 bits per heavy atom. The van der Waals surface area contributed by atoms with E-state index in [4.69, 9.17) is 9.97 Å². The topological polar surface area (TPSA) is 41.1 Å². The van der Waals surface area contributed by atoms with Gasteiger partial charge in [-0.25, -0.2) is 4.98 Å². The lowest BCUT2D eigenvalue weighted by atomic mass is 9.94. The highest BCUT2D eigenvalue weighted by atomic mass is 15.3. The second kappa shape index (κ2) is 7.03. The number of hydrogen-bond donors (Lipinski definition) is 1. The lowest BCUT2D eigenvalue weighted by molar-refractivity contribution is 0.607. The van der Waals surface area contributed by atoms with Crippen molar-refractivity contribution in [3.63, 3.8) is 0 Å². The van der Waals surface area contributed by atoms with Gasteiger partial charge < -0.3 is 10.2 Å². The molecule has 1 aliphatic heterocycles. The first-order valence-corrected chi connectivity index (χ1v) is 9.57. The molecular formula is C23H26N4. The van der Waals surface area contributed by atoms with Gasteiger partial charge in [0.2, 0.25) is 5.95 Å². The van der Waals surface area contributed by atoms with E-state index in [0.29, 0.717) is 0 Å². The van der Waals surface area contributed by atoms with Gasteiger partial charge in [0.25, 0.3) is 0 Å². The van der Waals surface area contributed by atoms with E-state index in [-0.39, 0.29) is 6.04 Å². The van der Waals surface area contributed by atoms with Crippen molar-refractivity contribution in [2.45, 2.75) is 40.2 Å². The fourth-order valence-electron chi connectivity index (χ4n) is 3.75. The maximum absolute atomic E-state index is 4.92. The van der Waals surface area contributed by atoms with E-state index in [2.05, 4.69) is 80.4 Å². The molecule has 1 N–H and O–H groups in total. The van der Waals surface area contributed by atoms with Crippen LogP contribution in [0, 0.1) is 20.8 Å². The van der Waals surface area contributed by atoms with Crippen molar-refractivity contribution < 1.29 is 0 Å². The minimum atomic E-state index is 0.267. The quantitative estimate of drug-likeness (QED) is 0.692. The number of benzene rings is 2. The normalized spacial score (nSPS) is 16.1. The van der Waals surface area contributed by atoms with Gasteiger partial charge in [0, 0.05) is 23.5 Å². The molecule has 0 spiro atoms. The smallest absolute Gasteiger partial charge is 0.228 e. The van der Waals surface area contributed by atoms with Crippen LogP contribution in [0.2, 0.25) is 0 Å². The van der Waals surface area contributed by atoms with Crippen molar-refractivity contribution in [2.24, 2.45) is 0 Å². The fraction of sp³-hybridized carbons (Fsp3) is 0.304. The van der Waals surface area contributed by atoms with Gasteiger partial charge in [-0.05, 0) is 56.9 Å². The Bertz CT molecular complexity index is 980. The largest absolute Gasteiger partial charge is 0.340 e. The van der Waals surface area contributed by atoms with E-state index in [9.17, 15) is 0 Å². The first-order valence-electron chi connectivity index (χ1n) is 9.57. The van der Waals surface area contributed by atoms with E-state index >= 15 is 0 Å². The zero-order valence-electron chi connectivity index (χ0n) is 16.5. The molecule has 1 atom stereocenters. The first-order chi connectivity index (χ1) is 13.0.